The number of hydrogen-bond acceptors (Lipinski definition) is 3. The smallest absolute Gasteiger partial charge is 0.142 e. The van der Waals surface area contributed by atoms with E-state index < -0.39 is 11.7 Å². The van der Waals surface area contributed by atoms with Crippen LogP contribution in [-0.4, -0.2) is 22.9 Å². The number of nitrogens with one attached hydrogen (secondary N) is 1. The van der Waals surface area contributed by atoms with Gasteiger partial charge in [0.1, 0.15) is 29.2 Å². The van der Waals surface area contributed by atoms with Gasteiger partial charge in [0.2, 0.25) is 0 Å². The molecule has 1 aromatic rings. The maximum absolute atomic E-state index is 12.7. The maximum atomic E-state index is 12.7. The highest BCUT2D eigenvalue weighted by Gasteiger charge is 2.44. The van der Waals surface area contributed by atoms with Gasteiger partial charge in [0.05, 0.1) is 5.56 Å². The first-order valence-corrected chi connectivity index (χ1v) is 10.4. The lowest BCUT2D eigenvalue weighted by atomic mass is 9.89. The molecule has 2 aliphatic heterocycles. The van der Waals surface area contributed by atoms with Crippen molar-refractivity contribution in [3.05, 3.63) is 76.1 Å². The maximum Gasteiger partial charge on any atom is 0.142 e. The molecule has 2 heterocycles. The zero-order chi connectivity index (χ0) is 21.2. The Labute approximate surface area is 174 Å². The van der Waals surface area contributed by atoms with Gasteiger partial charge >= 0.3 is 0 Å². The number of ether oxygens (including phenoxy) is 1. The summed E-state index contributed by atoms with van der Waals surface area (Å²) in [6.07, 6.45) is 10.2. The average molecular weight is 396 g/mol. The number of fused-ring (bicyclic) bond motifs is 2. The quantitative estimate of drug-likeness (QED) is 0.420. The van der Waals surface area contributed by atoms with E-state index in [9.17, 15) is 10.3 Å². The van der Waals surface area contributed by atoms with Crippen LogP contribution in [0.3, 0.4) is 0 Å². The molecule has 0 saturated carbocycles. The van der Waals surface area contributed by atoms with Crippen LogP contribution in [0.4, 0.5) is 5.69 Å². The van der Waals surface area contributed by atoms with E-state index >= 15 is 0 Å². The Morgan fingerprint density at radius 3 is 2.76 bits per heavy atom. The molecule has 1 aromatic carbocycles. The van der Waals surface area contributed by atoms with E-state index in [1.54, 1.807) is 13.0 Å². The molecule has 4 nitrogen and oxygen atoms in total. The predicted molar refractivity (Wildman–Crippen MR) is 118 cm³/mol. The van der Waals surface area contributed by atoms with Crippen LogP contribution in [0, 0.1) is 5.21 Å². The first-order valence-electron chi connectivity index (χ1n) is 10.4. The summed E-state index contributed by atoms with van der Waals surface area (Å²) in [5.74, 6) is 0.778. The number of hydrogen-bond donors (Lipinski definition) is 2. The minimum Gasteiger partial charge on any atom is -0.628 e. The van der Waals surface area contributed by atoms with E-state index in [-0.39, 0.29) is 11.1 Å². The van der Waals surface area contributed by atoms with Crippen LogP contribution >= 0.6 is 0 Å². The fraction of sp³-hybridized carbons (Fsp3) is 0.440. The summed E-state index contributed by atoms with van der Waals surface area (Å²) >= 11 is 0. The van der Waals surface area contributed by atoms with Crippen LogP contribution in [0.25, 0.3) is 5.76 Å². The van der Waals surface area contributed by atoms with Gasteiger partial charge in [-0.3, -0.25) is 0 Å². The van der Waals surface area contributed by atoms with Gasteiger partial charge < -0.3 is 20.1 Å². The Hall–Kier alpha value is -2.14. The molecule has 29 heavy (non-hydrogen) atoms. The molecular formula is C25H33NO3. The molecule has 156 valence electrons. The number of quaternary nitrogens is 1. The molecule has 0 radical (unpaired) electrons. The van der Waals surface area contributed by atoms with Crippen molar-refractivity contribution in [1.82, 2.24) is 0 Å². The summed E-state index contributed by atoms with van der Waals surface area (Å²) in [5.41, 5.74) is 4.05. The summed E-state index contributed by atoms with van der Waals surface area (Å²) < 4.78 is 6.22. The van der Waals surface area contributed by atoms with Crippen molar-refractivity contribution >= 4 is 11.4 Å². The summed E-state index contributed by atoms with van der Waals surface area (Å²) in [5, 5.41) is 23.9. The van der Waals surface area contributed by atoms with Crippen molar-refractivity contribution in [2.45, 2.75) is 71.6 Å². The first kappa shape index (κ1) is 21.6. The normalized spacial score (nSPS) is 26.0. The van der Waals surface area contributed by atoms with Crippen LogP contribution in [0.5, 0.6) is 0 Å². The van der Waals surface area contributed by atoms with E-state index in [1.807, 2.05) is 37.3 Å². The molecule has 2 aliphatic rings. The zero-order valence-electron chi connectivity index (χ0n) is 18.2. The molecule has 0 aromatic heterocycles. The monoisotopic (exact) mass is 395 g/mol. The Morgan fingerprint density at radius 2 is 2.03 bits per heavy atom. The number of rotatable bonds is 6. The van der Waals surface area contributed by atoms with Gasteiger partial charge in [-0.05, 0) is 59.6 Å². The second-order valence-corrected chi connectivity index (χ2v) is 8.71. The molecule has 0 aliphatic carbocycles. The summed E-state index contributed by atoms with van der Waals surface area (Å²) in [6, 6.07) is 7.38. The molecule has 0 spiro atoms. The fourth-order valence-electron chi connectivity index (χ4n) is 3.96. The van der Waals surface area contributed by atoms with Crippen LogP contribution in [0.2, 0.25) is 0 Å². The van der Waals surface area contributed by atoms with Crippen molar-refractivity contribution < 1.29 is 14.9 Å². The van der Waals surface area contributed by atoms with Crippen LogP contribution < -0.4 is 5.06 Å². The molecular weight excluding hydrogens is 362 g/mol. The lowest BCUT2D eigenvalue weighted by Crippen LogP contribution is -3.07. The van der Waals surface area contributed by atoms with Gasteiger partial charge in [-0.2, -0.15) is 0 Å². The molecule has 0 saturated heterocycles. The third kappa shape index (κ3) is 4.72. The molecule has 0 amide bonds. The van der Waals surface area contributed by atoms with Crippen molar-refractivity contribution in [3.8, 4) is 0 Å². The largest absolute Gasteiger partial charge is 0.628 e. The highest BCUT2D eigenvalue weighted by molar-refractivity contribution is 5.74. The standard InChI is InChI=1S/C25H33NO3/c1-17(2)10-8-11-18(3)12-9-15-25(5,27)23-16-21-19(4)26(28)22-14-7-6-13-20(22)24(21)29-23/h6-7,9-10,12-15,19,23,26-27H,8,11,16H2,1-5H3. The summed E-state index contributed by atoms with van der Waals surface area (Å²) in [6.45, 7) is 10.0. The number of hydroxylamine groups is 1. The number of allylic oxidation sites excluding steroid dienone is 5. The third-order valence-electron chi connectivity index (χ3n) is 5.87. The Balaban J connectivity index is 1.71. The summed E-state index contributed by atoms with van der Waals surface area (Å²) in [4.78, 5) is 0. The van der Waals surface area contributed by atoms with Gasteiger partial charge in [0.15, 0.2) is 0 Å². The van der Waals surface area contributed by atoms with E-state index in [1.165, 1.54) is 11.1 Å². The Kier molecular flexibility index (Phi) is 6.47. The highest BCUT2D eigenvalue weighted by Crippen LogP contribution is 2.42. The fourth-order valence-corrected chi connectivity index (χ4v) is 3.96. The van der Waals surface area contributed by atoms with Crippen LogP contribution in [0.1, 0.15) is 59.4 Å². The molecule has 4 unspecified atom stereocenters. The SMILES string of the molecule is CC(C)=CCCC(C)=CC=CC(C)(O)C1CC2=C(O1)c1ccccc1[NH+]([O-])C2C. The van der Waals surface area contributed by atoms with Gasteiger partial charge in [0.25, 0.3) is 0 Å². The lowest BCUT2D eigenvalue weighted by molar-refractivity contribution is -0.798. The van der Waals surface area contributed by atoms with Gasteiger partial charge in [-0.15, -0.1) is 0 Å². The Morgan fingerprint density at radius 1 is 1.31 bits per heavy atom. The lowest BCUT2D eigenvalue weighted by Gasteiger charge is -2.34. The predicted octanol–water partition coefficient (Wildman–Crippen LogP) is 4.60. The minimum absolute atomic E-state index is 0.133. The van der Waals surface area contributed by atoms with E-state index in [0.29, 0.717) is 12.1 Å². The van der Waals surface area contributed by atoms with E-state index in [2.05, 4.69) is 32.9 Å². The molecule has 2 N–H and O–H groups in total. The minimum atomic E-state index is -1.12. The average Bonchev–Trinajstić information content (AvgIpc) is 3.12. The molecule has 0 bridgehead atoms. The number of para-hydroxylation sites is 1. The van der Waals surface area contributed by atoms with Crippen LogP contribution in [-0.2, 0) is 4.74 Å². The number of aliphatic hydroxyl groups is 1. The van der Waals surface area contributed by atoms with Crippen molar-refractivity contribution in [1.29, 1.82) is 0 Å². The van der Waals surface area contributed by atoms with Gasteiger partial charge in [-0.1, -0.05) is 41.5 Å². The van der Waals surface area contributed by atoms with Crippen LogP contribution in [0.15, 0.2) is 65.3 Å². The van der Waals surface area contributed by atoms with Crippen molar-refractivity contribution in [2.75, 3.05) is 0 Å². The molecule has 0 fully saturated rings. The first-order chi connectivity index (χ1) is 13.7. The zero-order valence-corrected chi connectivity index (χ0v) is 18.2. The molecule has 3 rings (SSSR count). The van der Waals surface area contributed by atoms with Gasteiger partial charge in [-0.25, -0.2) is 0 Å². The molecule has 4 heteroatoms. The topological polar surface area (TPSA) is 57.0 Å². The van der Waals surface area contributed by atoms with E-state index in [4.69, 9.17) is 4.74 Å². The second-order valence-electron chi connectivity index (χ2n) is 8.71. The third-order valence-corrected chi connectivity index (χ3v) is 5.87. The van der Waals surface area contributed by atoms with Crippen molar-refractivity contribution in [2.24, 2.45) is 0 Å². The Bertz CT molecular complexity index is 872. The van der Waals surface area contributed by atoms with Gasteiger partial charge in [0, 0.05) is 18.1 Å². The highest BCUT2D eigenvalue weighted by atomic mass is 16.5. The van der Waals surface area contributed by atoms with Crippen molar-refractivity contribution in [3.63, 3.8) is 0 Å². The summed E-state index contributed by atoms with van der Waals surface area (Å²) in [7, 11) is 0. The molecule has 4 atom stereocenters. The number of benzene rings is 1. The van der Waals surface area contributed by atoms with E-state index in [0.717, 1.165) is 29.7 Å². The second kappa shape index (κ2) is 8.70.